The Balaban J connectivity index is 1.56. The van der Waals surface area contributed by atoms with Crippen molar-refractivity contribution in [2.75, 3.05) is 19.0 Å². The minimum Gasteiger partial charge on any atom is -0.496 e. The van der Waals surface area contributed by atoms with Crippen molar-refractivity contribution in [3.8, 4) is 22.6 Å². The van der Waals surface area contributed by atoms with Crippen LogP contribution in [-0.2, 0) is 4.79 Å². The van der Waals surface area contributed by atoms with Crippen molar-refractivity contribution in [2.24, 2.45) is 0 Å². The Bertz CT molecular complexity index is 1580. The molecule has 0 saturated heterocycles. The molecule has 0 aliphatic heterocycles. The van der Waals surface area contributed by atoms with Crippen LogP contribution in [-0.4, -0.2) is 29.6 Å². The number of benzene rings is 3. The zero-order valence-electron chi connectivity index (χ0n) is 20.6. The molecule has 7 nitrogen and oxygen atoms in total. The van der Waals surface area contributed by atoms with E-state index in [1.165, 1.54) is 0 Å². The summed E-state index contributed by atoms with van der Waals surface area (Å²) in [6, 6.07) is 17.4. The van der Waals surface area contributed by atoms with Gasteiger partial charge < -0.3 is 18.9 Å². The monoisotopic (exact) mass is 481 g/mol. The number of aromatic nitrogens is 2. The number of rotatable bonds is 7. The topological polar surface area (TPSA) is 89.4 Å². The number of fused-ring (bicyclic) bond motifs is 2. The van der Waals surface area contributed by atoms with Crippen molar-refractivity contribution >= 4 is 39.4 Å². The molecule has 3 aromatic carbocycles. The summed E-state index contributed by atoms with van der Waals surface area (Å²) in [5.41, 5.74) is 6.67. The second-order valence-corrected chi connectivity index (χ2v) is 8.46. The summed E-state index contributed by atoms with van der Waals surface area (Å²) in [6.07, 6.45) is 3.29. The molecule has 1 amide bonds. The molecule has 0 aliphatic rings. The van der Waals surface area contributed by atoms with E-state index in [1.54, 1.807) is 19.4 Å². The third-order valence-corrected chi connectivity index (χ3v) is 6.13. The number of amides is 1. The summed E-state index contributed by atoms with van der Waals surface area (Å²) in [5.74, 6) is 1.56. The smallest absolute Gasteiger partial charge is 0.250 e. The van der Waals surface area contributed by atoms with E-state index in [4.69, 9.17) is 13.9 Å². The maximum atomic E-state index is 12.9. The molecule has 36 heavy (non-hydrogen) atoms. The van der Waals surface area contributed by atoms with Crippen LogP contribution in [0.3, 0.4) is 0 Å². The van der Waals surface area contributed by atoms with E-state index >= 15 is 0 Å². The molecular weight excluding hydrogens is 454 g/mol. The van der Waals surface area contributed by atoms with Gasteiger partial charge >= 0.3 is 0 Å². The minimum absolute atomic E-state index is 0.288. The molecule has 5 rings (SSSR count). The largest absolute Gasteiger partial charge is 0.496 e. The van der Waals surface area contributed by atoms with Gasteiger partial charge in [-0.15, -0.1) is 0 Å². The molecule has 0 unspecified atom stereocenters. The lowest BCUT2D eigenvalue weighted by Crippen LogP contribution is -2.10. The fourth-order valence-electron chi connectivity index (χ4n) is 4.45. The first kappa shape index (κ1) is 23.2. The van der Waals surface area contributed by atoms with Gasteiger partial charge in [-0.2, -0.15) is 0 Å². The number of hydrogen-bond donors (Lipinski definition) is 2. The summed E-state index contributed by atoms with van der Waals surface area (Å²) in [5, 5.41) is 3.74. The molecule has 0 saturated carbocycles. The maximum Gasteiger partial charge on any atom is 0.250 e. The number of nitrogens with one attached hydrogen (secondary N) is 2. The van der Waals surface area contributed by atoms with Gasteiger partial charge in [-0.1, -0.05) is 30.3 Å². The zero-order chi connectivity index (χ0) is 25.2. The molecule has 0 bridgehead atoms. The fraction of sp³-hybridized carbons (Fsp3) is 0.172. The van der Waals surface area contributed by atoms with Crippen molar-refractivity contribution in [1.82, 2.24) is 9.97 Å². The number of ether oxygens (including phenoxy) is 2. The molecule has 2 heterocycles. The number of aromatic amines is 1. The van der Waals surface area contributed by atoms with Crippen LogP contribution in [0.25, 0.3) is 38.7 Å². The molecule has 5 aromatic rings. The van der Waals surface area contributed by atoms with E-state index in [0.29, 0.717) is 18.3 Å². The summed E-state index contributed by atoms with van der Waals surface area (Å²) < 4.78 is 17.6. The third-order valence-electron chi connectivity index (χ3n) is 6.13. The number of carbonyl (C=O) groups is 1. The SMILES string of the molecule is CCOc1c(/C(C)=C/C(=O)Nc2nc3ccccc3[nH]2)cc2c(-c3ccccc3OC)coc2c1C. The molecule has 2 N–H and O–H groups in total. The standard InChI is InChI=1S/C29H27N3O4/c1-5-35-27-18(3)28-21(22(16-36-28)19-10-6-9-13-25(19)34-4)15-20(27)17(2)14-26(33)32-29-30-23-11-7-8-12-24(23)31-29/h6-16H,5H2,1-4H3,(H2,30,31,32,33)/b17-14+. The van der Waals surface area contributed by atoms with Gasteiger partial charge in [0.05, 0.1) is 31.0 Å². The molecule has 0 aliphatic carbocycles. The molecular formula is C29H27N3O4. The molecule has 0 fully saturated rings. The average Bonchev–Trinajstić information content (AvgIpc) is 3.49. The molecule has 2 aromatic heterocycles. The van der Waals surface area contributed by atoms with Gasteiger partial charge in [-0.25, -0.2) is 4.98 Å². The first-order chi connectivity index (χ1) is 17.5. The molecule has 0 spiro atoms. The number of hydrogen-bond acceptors (Lipinski definition) is 5. The quantitative estimate of drug-likeness (QED) is 0.252. The summed E-state index contributed by atoms with van der Waals surface area (Å²) in [6.45, 7) is 6.28. The summed E-state index contributed by atoms with van der Waals surface area (Å²) >= 11 is 0. The number of furan rings is 1. The zero-order valence-corrected chi connectivity index (χ0v) is 20.6. The number of methoxy groups -OCH3 is 1. The Morgan fingerprint density at radius 1 is 1.14 bits per heavy atom. The number of H-pyrrole nitrogens is 1. The van der Waals surface area contributed by atoms with Crippen LogP contribution in [0.2, 0.25) is 0 Å². The predicted octanol–water partition coefficient (Wildman–Crippen LogP) is 6.73. The van der Waals surface area contributed by atoms with E-state index in [0.717, 1.165) is 55.6 Å². The lowest BCUT2D eigenvalue weighted by Gasteiger charge is -2.15. The van der Waals surface area contributed by atoms with Crippen molar-refractivity contribution in [3.05, 3.63) is 78.1 Å². The molecule has 0 atom stereocenters. The first-order valence-corrected chi connectivity index (χ1v) is 11.8. The van der Waals surface area contributed by atoms with Gasteiger partial charge in [0.15, 0.2) is 0 Å². The van der Waals surface area contributed by atoms with Gasteiger partial charge in [0.2, 0.25) is 5.95 Å². The number of para-hydroxylation sites is 3. The number of allylic oxidation sites excluding steroid dienone is 1. The lowest BCUT2D eigenvalue weighted by molar-refractivity contribution is -0.111. The van der Waals surface area contributed by atoms with E-state index in [2.05, 4.69) is 15.3 Å². The van der Waals surface area contributed by atoms with Gasteiger partial charge in [0, 0.05) is 33.7 Å². The van der Waals surface area contributed by atoms with Crippen LogP contribution in [0, 0.1) is 6.92 Å². The van der Waals surface area contributed by atoms with Crippen molar-refractivity contribution in [2.45, 2.75) is 20.8 Å². The van der Waals surface area contributed by atoms with Crippen LogP contribution < -0.4 is 14.8 Å². The molecule has 7 heteroatoms. The van der Waals surface area contributed by atoms with Crippen LogP contribution in [0.15, 0.2) is 71.4 Å². The highest BCUT2D eigenvalue weighted by Crippen LogP contribution is 2.42. The van der Waals surface area contributed by atoms with Crippen LogP contribution in [0.5, 0.6) is 11.5 Å². The lowest BCUT2D eigenvalue weighted by atomic mass is 9.96. The number of nitrogens with zero attached hydrogens (tertiary/aromatic N) is 1. The van der Waals surface area contributed by atoms with Gasteiger partial charge in [0.25, 0.3) is 5.91 Å². The normalized spacial score (nSPS) is 11.7. The van der Waals surface area contributed by atoms with Gasteiger partial charge in [0.1, 0.15) is 17.1 Å². The Morgan fingerprint density at radius 3 is 2.69 bits per heavy atom. The fourth-order valence-corrected chi connectivity index (χ4v) is 4.45. The highest BCUT2D eigenvalue weighted by atomic mass is 16.5. The second kappa shape index (κ2) is 9.62. The van der Waals surface area contributed by atoms with E-state index in [9.17, 15) is 4.79 Å². The highest BCUT2D eigenvalue weighted by molar-refractivity contribution is 6.06. The Labute approximate surface area is 208 Å². The van der Waals surface area contributed by atoms with E-state index in [1.807, 2.05) is 75.4 Å². The van der Waals surface area contributed by atoms with Crippen LogP contribution >= 0.6 is 0 Å². The van der Waals surface area contributed by atoms with Gasteiger partial charge in [-0.3, -0.25) is 10.1 Å². The van der Waals surface area contributed by atoms with Crippen LogP contribution in [0.1, 0.15) is 25.0 Å². The first-order valence-electron chi connectivity index (χ1n) is 11.8. The van der Waals surface area contributed by atoms with Crippen molar-refractivity contribution in [1.29, 1.82) is 0 Å². The average molecular weight is 482 g/mol. The third kappa shape index (κ3) is 4.20. The summed E-state index contributed by atoms with van der Waals surface area (Å²) in [4.78, 5) is 20.4. The Morgan fingerprint density at radius 2 is 1.92 bits per heavy atom. The number of carbonyl (C=O) groups excluding carboxylic acids is 1. The molecule has 182 valence electrons. The predicted molar refractivity (Wildman–Crippen MR) is 142 cm³/mol. The minimum atomic E-state index is -0.288. The second-order valence-electron chi connectivity index (χ2n) is 8.46. The Kier molecular flexibility index (Phi) is 6.21. The van der Waals surface area contributed by atoms with E-state index < -0.39 is 0 Å². The molecule has 0 radical (unpaired) electrons. The van der Waals surface area contributed by atoms with Gasteiger partial charge in [-0.05, 0) is 50.6 Å². The summed E-state index contributed by atoms with van der Waals surface area (Å²) in [7, 11) is 1.65. The van der Waals surface area contributed by atoms with Crippen molar-refractivity contribution in [3.63, 3.8) is 0 Å². The highest BCUT2D eigenvalue weighted by Gasteiger charge is 2.20. The number of aryl methyl sites for hydroxylation is 1. The van der Waals surface area contributed by atoms with E-state index in [-0.39, 0.29) is 5.91 Å². The maximum absolute atomic E-state index is 12.9. The number of imidazole rings is 1. The van der Waals surface area contributed by atoms with Crippen molar-refractivity contribution < 1.29 is 18.7 Å². The Hall–Kier alpha value is -4.52. The number of anilines is 1. The van der Waals surface area contributed by atoms with Crippen LogP contribution in [0.4, 0.5) is 5.95 Å².